The van der Waals surface area contributed by atoms with E-state index in [4.69, 9.17) is 9.47 Å². The highest BCUT2D eigenvalue weighted by Crippen LogP contribution is 2.07. The van der Waals surface area contributed by atoms with Gasteiger partial charge in [-0.1, -0.05) is 0 Å². The van der Waals surface area contributed by atoms with Crippen LogP contribution in [0.4, 0.5) is 0 Å². The molecule has 0 spiro atoms. The Balaban J connectivity index is 2.62. The molecule has 19 heavy (non-hydrogen) atoms. The Morgan fingerprint density at radius 1 is 1.00 bits per heavy atom. The lowest BCUT2D eigenvalue weighted by atomic mass is 10.1. The fraction of sp³-hybridized carbons (Fsp3) is 0.538. The number of ether oxygens (including phenoxy) is 2. The van der Waals surface area contributed by atoms with E-state index in [0.717, 1.165) is 0 Å². The number of esters is 2. The smallest absolute Gasteiger partial charge is 0.311 e. The molecule has 104 valence electrons. The maximum absolute atomic E-state index is 11.4. The Labute approximate surface area is 112 Å². The summed E-state index contributed by atoms with van der Waals surface area (Å²) < 4.78 is 9.71. The molecule has 0 N–H and O–H groups in total. The van der Waals surface area contributed by atoms with E-state index in [1.165, 1.54) is 12.4 Å². The highest BCUT2D eigenvalue weighted by Gasteiger charge is 2.12. The molecule has 0 radical (unpaired) electrons. The van der Waals surface area contributed by atoms with E-state index < -0.39 is 0 Å². The van der Waals surface area contributed by atoms with E-state index in [2.05, 4.69) is 9.97 Å². The summed E-state index contributed by atoms with van der Waals surface area (Å²) >= 11 is 0. The van der Waals surface area contributed by atoms with E-state index >= 15 is 0 Å². The number of hydrogen-bond donors (Lipinski definition) is 0. The molecular weight excluding hydrogens is 248 g/mol. The van der Waals surface area contributed by atoms with Gasteiger partial charge in [0.05, 0.1) is 37.4 Å². The van der Waals surface area contributed by atoms with Crippen LogP contribution in [-0.4, -0.2) is 35.1 Å². The van der Waals surface area contributed by atoms with Crippen LogP contribution in [-0.2, 0) is 31.9 Å². The van der Waals surface area contributed by atoms with Gasteiger partial charge in [0.1, 0.15) is 0 Å². The second-order valence-electron chi connectivity index (χ2n) is 3.74. The minimum absolute atomic E-state index is 0.0693. The monoisotopic (exact) mass is 266 g/mol. The predicted molar refractivity (Wildman–Crippen MR) is 67.3 cm³/mol. The summed E-state index contributed by atoms with van der Waals surface area (Å²) in [7, 11) is 0. The lowest BCUT2D eigenvalue weighted by Gasteiger charge is -2.07. The molecule has 0 atom stereocenters. The molecule has 1 heterocycles. The van der Waals surface area contributed by atoms with Gasteiger partial charge in [-0.15, -0.1) is 0 Å². The molecule has 0 bridgehead atoms. The fourth-order valence-electron chi connectivity index (χ4n) is 1.55. The van der Waals surface area contributed by atoms with Gasteiger partial charge in [-0.25, -0.2) is 0 Å². The molecule has 0 saturated carbocycles. The van der Waals surface area contributed by atoms with Crippen molar-refractivity contribution in [3.63, 3.8) is 0 Å². The third-order valence-electron chi connectivity index (χ3n) is 2.35. The maximum atomic E-state index is 11.4. The predicted octanol–water partition coefficient (Wildman–Crippen LogP) is 1.08. The quantitative estimate of drug-likeness (QED) is 0.687. The Bertz CT molecular complexity index is 434. The molecule has 0 fully saturated rings. The van der Waals surface area contributed by atoms with E-state index in [0.29, 0.717) is 31.0 Å². The van der Waals surface area contributed by atoms with Crippen LogP contribution in [0.2, 0.25) is 0 Å². The average Bonchev–Trinajstić information content (AvgIpc) is 2.38. The van der Waals surface area contributed by atoms with Crippen molar-refractivity contribution < 1.29 is 19.1 Å². The second kappa shape index (κ2) is 8.18. The summed E-state index contributed by atoms with van der Waals surface area (Å²) in [6.45, 7) is 4.19. The lowest BCUT2D eigenvalue weighted by Crippen LogP contribution is -2.13. The summed E-state index contributed by atoms with van der Waals surface area (Å²) in [4.78, 5) is 31.0. The van der Waals surface area contributed by atoms with E-state index in [1.807, 2.05) is 0 Å². The number of carbonyl (C=O) groups excluding carboxylic acids is 2. The fourth-order valence-corrected chi connectivity index (χ4v) is 1.55. The summed E-state index contributed by atoms with van der Waals surface area (Å²) in [6, 6.07) is 0. The lowest BCUT2D eigenvalue weighted by molar-refractivity contribution is -0.143. The molecule has 0 amide bonds. The van der Waals surface area contributed by atoms with Crippen LogP contribution in [0.3, 0.4) is 0 Å². The minimum Gasteiger partial charge on any atom is -0.466 e. The first-order chi connectivity index (χ1) is 9.17. The van der Waals surface area contributed by atoms with E-state index in [1.54, 1.807) is 13.8 Å². The Morgan fingerprint density at radius 3 is 2.21 bits per heavy atom. The Morgan fingerprint density at radius 2 is 1.58 bits per heavy atom. The van der Waals surface area contributed by atoms with Crippen LogP contribution in [0.25, 0.3) is 0 Å². The summed E-state index contributed by atoms with van der Waals surface area (Å²) in [5, 5.41) is 0. The van der Waals surface area contributed by atoms with Gasteiger partial charge >= 0.3 is 11.9 Å². The first kappa shape index (κ1) is 15.1. The molecule has 0 unspecified atom stereocenters. The molecule has 1 aromatic heterocycles. The Kier molecular flexibility index (Phi) is 6.49. The molecule has 6 nitrogen and oxygen atoms in total. The molecule has 1 aromatic rings. The summed E-state index contributed by atoms with van der Waals surface area (Å²) in [6.07, 6.45) is 3.75. The van der Waals surface area contributed by atoms with Gasteiger partial charge in [0.15, 0.2) is 0 Å². The third-order valence-corrected chi connectivity index (χ3v) is 2.35. The SMILES string of the molecule is CCOC(=O)CCc1nccnc1CC(=O)OCC. The van der Waals surface area contributed by atoms with Crippen LogP contribution in [0.15, 0.2) is 12.4 Å². The third kappa shape index (κ3) is 5.46. The van der Waals surface area contributed by atoms with Crippen LogP contribution in [0, 0.1) is 0 Å². The van der Waals surface area contributed by atoms with Crippen molar-refractivity contribution in [2.75, 3.05) is 13.2 Å². The van der Waals surface area contributed by atoms with Crippen molar-refractivity contribution in [1.82, 2.24) is 9.97 Å². The number of carbonyl (C=O) groups is 2. The van der Waals surface area contributed by atoms with Gasteiger partial charge in [0, 0.05) is 18.8 Å². The van der Waals surface area contributed by atoms with Crippen LogP contribution < -0.4 is 0 Å². The number of nitrogens with zero attached hydrogens (tertiary/aromatic N) is 2. The van der Waals surface area contributed by atoms with Crippen molar-refractivity contribution >= 4 is 11.9 Å². The normalized spacial score (nSPS) is 10.0. The molecule has 0 aliphatic carbocycles. The molecule has 0 saturated heterocycles. The zero-order chi connectivity index (χ0) is 14.1. The minimum atomic E-state index is -0.347. The van der Waals surface area contributed by atoms with Gasteiger partial charge in [0.25, 0.3) is 0 Å². The first-order valence-corrected chi connectivity index (χ1v) is 6.27. The van der Waals surface area contributed by atoms with E-state index in [-0.39, 0.29) is 24.8 Å². The van der Waals surface area contributed by atoms with Crippen LogP contribution in [0.5, 0.6) is 0 Å². The molecule has 0 aliphatic heterocycles. The van der Waals surface area contributed by atoms with Gasteiger partial charge in [0.2, 0.25) is 0 Å². The number of hydrogen-bond acceptors (Lipinski definition) is 6. The zero-order valence-corrected chi connectivity index (χ0v) is 11.2. The molecule has 6 heteroatoms. The van der Waals surface area contributed by atoms with E-state index in [9.17, 15) is 9.59 Å². The van der Waals surface area contributed by atoms with Crippen molar-refractivity contribution in [3.8, 4) is 0 Å². The van der Waals surface area contributed by atoms with Crippen molar-refractivity contribution in [2.45, 2.75) is 33.1 Å². The molecule has 1 rings (SSSR count). The van der Waals surface area contributed by atoms with Crippen molar-refractivity contribution in [2.24, 2.45) is 0 Å². The standard InChI is InChI=1S/C13H18N2O4/c1-3-18-12(16)6-5-10-11(15-8-7-14-10)9-13(17)19-4-2/h7-8H,3-6,9H2,1-2H3. The summed E-state index contributed by atoms with van der Waals surface area (Å²) in [5.41, 5.74) is 1.17. The summed E-state index contributed by atoms with van der Waals surface area (Å²) in [5.74, 6) is -0.629. The van der Waals surface area contributed by atoms with Gasteiger partial charge < -0.3 is 9.47 Å². The maximum Gasteiger partial charge on any atom is 0.311 e. The van der Waals surface area contributed by atoms with Gasteiger partial charge in [-0.2, -0.15) is 0 Å². The first-order valence-electron chi connectivity index (χ1n) is 6.27. The largest absolute Gasteiger partial charge is 0.466 e. The van der Waals surface area contributed by atoms with Crippen LogP contribution in [0.1, 0.15) is 31.7 Å². The molecular formula is C13H18N2O4. The highest BCUT2D eigenvalue weighted by atomic mass is 16.5. The van der Waals surface area contributed by atoms with Gasteiger partial charge in [-0.05, 0) is 13.8 Å². The molecule has 0 aliphatic rings. The van der Waals surface area contributed by atoms with Crippen molar-refractivity contribution in [1.29, 1.82) is 0 Å². The Hall–Kier alpha value is -1.98. The second-order valence-corrected chi connectivity index (χ2v) is 3.74. The topological polar surface area (TPSA) is 78.4 Å². The number of aryl methyl sites for hydroxylation is 1. The van der Waals surface area contributed by atoms with Crippen molar-refractivity contribution in [3.05, 3.63) is 23.8 Å². The number of aromatic nitrogens is 2. The molecule has 0 aromatic carbocycles. The highest BCUT2D eigenvalue weighted by molar-refractivity contribution is 5.72. The zero-order valence-electron chi connectivity index (χ0n) is 11.2. The van der Waals surface area contributed by atoms with Crippen LogP contribution >= 0.6 is 0 Å². The number of rotatable bonds is 7. The van der Waals surface area contributed by atoms with Gasteiger partial charge in [-0.3, -0.25) is 19.6 Å². The average molecular weight is 266 g/mol.